The highest BCUT2D eigenvalue weighted by atomic mass is 16.5. The van der Waals surface area contributed by atoms with Gasteiger partial charge in [-0.25, -0.2) is 4.79 Å². The molecule has 8 nitrogen and oxygen atoms in total. The van der Waals surface area contributed by atoms with E-state index in [9.17, 15) is 4.79 Å². The Balaban J connectivity index is 1.26. The fraction of sp³-hybridized carbons (Fsp3) is 0.282. The number of esters is 1. The van der Waals surface area contributed by atoms with Crippen molar-refractivity contribution in [1.82, 2.24) is 9.78 Å². The van der Waals surface area contributed by atoms with Crippen LogP contribution in [0.2, 0.25) is 0 Å². The van der Waals surface area contributed by atoms with Crippen LogP contribution in [0.1, 0.15) is 53.7 Å². The number of aryl methyl sites for hydroxylation is 2. The van der Waals surface area contributed by atoms with Crippen LogP contribution in [0.5, 0.6) is 28.7 Å². The molecule has 5 rings (SSSR count). The smallest absolute Gasteiger partial charge is 0.341 e. The van der Waals surface area contributed by atoms with Crippen molar-refractivity contribution >= 4 is 5.97 Å². The van der Waals surface area contributed by atoms with E-state index in [-0.39, 0.29) is 0 Å². The minimum Gasteiger partial charge on any atom is -0.493 e. The Hall–Kier alpha value is -5.24. The molecule has 0 aliphatic rings. The first-order chi connectivity index (χ1) is 23.0. The molecular formula is C39H42N2O6. The molecule has 0 radical (unpaired) electrons. The summed E-state index contributed by atoms with van der Waals surface area (Å²) < 4.78 is 31.9. The molecule has 0 aliphatic carbocycles. The van der Waals surface area contributed by atoms with Crippen LogP contribution in [0, 0.1) is 0 Å². The summed E-state index contributed by atoms with van der Waals surface area (Å²) >= 11 is 0. The van der Waals surface area contributed by atoms with Gasteiger partial charge in [0, 0.05) is 36.9 Å². The number of para-hydroxylation sites is 1. The standard InChI is InChI=1S/C39H42N2O6/c1-5-14-30-34(19-12-20-35(30)47-36-18-11-10-17-31(36)39(42)43-4)44-23-13-24-45-37-26-38(46-27-28-15-8-7-9-16-28)32(25-29(37)6-2)33-21-22-41(3)40-33/h7-12,15-22,25-26H,5-6,13-14,23-24,27H2,1-4H3. The first-order valence-electron chi connectivity index (χ1n) is 16.1. The SMILES string of the molecule is CCCc1c(OCCCOc2cc(OCc3ccccc3)c(-c3ccn(C)n3)cc2CC)cccc1Oc1ccccc1C(=O)OC. The fourth-order valence-corrected chi connectivity index (χ4v) is 5.28. The van der Waals surface area contributed by atoms with Gasteiger partial charge in [0.25, 0.3) is 0 Å². The molecule has 244 valence electrons. The second-order valence-electron chi connectivity index (χ2n) is 11.1. The van der Waals surface area contributed by atoms with Gasteiger partial charge < -0.3 is 23.7 Å². The molecule has 0 amide bonds. The normalized spacial score (nSPS) is 10.8. The topological polar surface area (TPSA) is 81.0 Å². The third-order valence-electron chi connectivity index (χ3n) is 7.68. The van der Waals surface area contributed by atoms with E-state index in [2.05, 4.69) is 25.0 Å². The Kier molecular flexibility index (Phi) is 11.5. The largest absolute Gasteiger partial charge is 0.493 e. The lowest BCUT2D eigenvalue weighted by Gasteiger charge is -2.18. The van der Waals surface area contributed by atoms with Crippen molar-refractivity contribution in [3.8, 4) is 40.0 Å². The maximum absolute atomic E-state index is 12.3. The molecule has 0 spiro atoms. The molecule has 0 unspecified atom stereocenters. The van der Waals surface area contributed by atoms with Crippen LogP contribution in [0.15, 0.2) is 97.2 Å². The highest BCUT2D eigenvalue weighted by Crippen LogP contribution is 2.37. The molecule has 0 bridgehead atoms. The lowest BCUT2D eigenvalue weighted by Crippen LogP contribution is -2.08. The molecule has 8 heteroatoms. The van der Waals surface area contributed by atoms with Gasteiger partial charge in [0.1, 0.15) is 40.9 Å². The summed E-state index contributed by atoms with van der Waals surface area (Å²) in [5.74, 6) is 2.92. The number of rotatable bonds is 16. The number of hydrogen-bond donors (Lipinski definition) is 0. The van der Waals surface area contributed by atoms with Crippen LogP contribution in [-0.4, -0.2) is 36.1 Å². The van der Waals surface area contributed by atoms with Gasteiger partial charge in [-0.1, -0.05) is 68.8 Å². The molecule has 0 N–H and O–H groups in total. The van der Waals surface area contributed by atoms with E-state index in [1.807, 2.05) is 80.0 Å². The Morgan fingerprint density at radius 1 is 0.766 bits per heavy atom. The number of aromatic nitrogens is 2. The molecule has 0 fully saturated rings. The lowest BCUT2D eigenvalue weighted by molar-refractivity contribution is 0.0598. The first-order valence-corrected chi connectivity index (χ1v) is 16.1. The summed E-state index contributed by atoms with van der Waals surface area (Å²) in [5.41, 5.74) is 5.29. The average molecular weight is 635 g/mol. The van der Waals surface area contributed by atoms with Crippen LogP contribution in [0.4, 0.5) is 0 Å². The number of hydrogen-bond acceptors (Lipinski definition) is 7. The monoisotopic (exact) mass is 634 g/mol. The van der Waals surface area contributed by atoms with Gasteiger partial charge in [-0.2, -0.15) is 5.10 Å². The van der Waals surface area contributed by atoms with E-state index < -0.39 is 5.97 Å². The first kappa shape index (κ1) is 33.1. The van der Waals surface area contributed by atoms with Gasteiger partial charge in [-0.15, -0.1) is 0 Å². The van der Waals surface area contributed by atoms with Crippen molar-refractivity contribution < 1.29 is 28.5 Å². The zero-order valence-electron chi connectivity index (χ0n) is 27.5. The molecule has 0 saturated carbocycles. The van der Waals surface area contributed by atoms with Crippen molar-refractivity contribution in [3.05, 3.63) is 119 Å². The van der Waals surface area contributed by atoms with Crippen molar-refractivity contribution in [2.24, 2.45) is 7.05 Å². The number of carbonyl (C=O) groups excluding carboxylic acids is 1. The van der Waals surface area contributed by atoms with Gasteiger partial charge in [-0.3, -0.25) is 4.68 Å². The molecule has 5 aromatic rings. The lowest BCUT2D eigenvalue weighted by atomic mass is 10.0. The highest BCUT2D eigenvalue weighted by molar-refractivity contribution is 5.92. The van der Waals surface area contributed by atoms with E-state index in [1.165, 1.54) is 7.11 Å². The highest BCUT2D eigenvalue weighted by Gasteiger charge is 2.18. The zero-order chi connectivity index (χ0) is 33.0. The predicted octanol–water partition coefficient (Wildman–Crippen LogP) is 8.61. The van der Waals surface area contributed by atoms with E-state index in [0.717, 1.165) is 64.5 Å². The van der Waals surface area contributed by atoms with E-state index in [1.54, 1.807) is 22.9 Å². The van der Waals surface area contributed by atoms with Gasteiger partial charge in [0.15, 0.2) is 0 Å². The molecule has 0 saturated heterocycles. The second-order valence-corrected chi connectivity index (χ2v) is 11.1. The number of methoxy groups -OCH3 is 1. The van der Waals surface area contributed by atoms with Crippen molar-refractivity contribution in [2.75, 3.05) is 20.3 Å². The third-order valence-corrected chi connectivity index (χ3v) is 7.68. The van der Waals surface area contributed by atoms with Crippen LogP contribution in [-0.2, 0) is 31.2 Å². The Bertz CT molecular complexity index is 1770. The molecule has 4 aromatic carbocycles. The van der Waals surface area contributed by atoms with E-state index >= 15 is 0 Å². The van der Waals surface area contributed by atoms with Crippen LogP contribution in [0.25, 0.3) is 11.3 Å². The summed E-state index contributed by atoms with van der Waals surface area (Å²) in [5, 5.41) is 4.63. The summed E-state index contributed by atoms with van der Waals surface area (Å²) in [6, 6.07) is 29.0. The molecule has 1 aromatic heterocycles. The maximum atomic E-state index is 12.3. The Morgan fingerprint density at radius 2 is 1.49 bits per heavy atom. The molecule has 47 heavy (non-hydrogen) atoms. The fourth-order valence-electron chi connectivity index (χ4n) is 5.28. The minimum absolute atomic E-state index is 0.369. The number of carbonyl (C=O) groups is 1. The van der Waals surface area contributed by atoms with Crippen molar-refractivity contribution in [1.29, 1.82) is 0 Å². The predicted molar refractivity (Wildman–Crippen MR) is 183 cm³/mol. The van der Waals surface area contributed by atoms with Crippen LogP contribution < -0.4 is 18.9 Å². The van der Waals surface area contributed by atoms with Crippen LogP contribution >= 0.6 is 0 Å². The minimum atomic E-state index is -0.447. The van der Waals surface area contributed by atoms with E-state index in [4.69, 9.17) is 23.7 Å². The van der Waals surface area contributed by atoms with Crippen LogP contribution in [0.3, 0.4) is 0 Å². The van der Waals surface area contributed by atoms with Gasteiger partial charge in [0.05, 0.1) is 26.0 Å². The van der Waals surface area contributed by atoms with Gasteiger partial charge in [0.2, 0.25) is 0 Å². The maximum Gasteiger partial charge on any atom is 0.341 e. The molecule has 0 atom stereocenters. The van der Waals surface area contributed by atoms with Gasteiger partial charge >= 0.3 is 5.97 Å². The average Bonchev–Trinajstić information content (AvgIpc) is 3.54. The van der Waals surface area contributed by atoms with Crippen molar-refractivity contribution in [2.45, 2.75) is 46.1 Å². The quantitative estimate of drug-likeness (QED) is 0.0794. The Labute approximate surface area is 276 Å². The van der Waals surface area contributed by atoms with Gasteiger partial charge in [-0.05, 0) is 60.4 Å². The number of ether oxygens (including phenoxy) is 5. The van der Waals surface area contributed by atoms with Crippen molar-refractivity contribution in [3.63, 3.8) is 0 Å². The van der Waals surface area contributed by atoms with E-state index in [0.29, 0.717) is 43.3 Å². The Morgan fingerprint density at radius 3 is 2.21 bits per heavy atom. The molecular weight excluding hydrogens is 592 g/mol. The summed E-state index contributed by atoms with van der Waals surface area (Å²) in [4.78, 5) is 12.3. The summed E-state index contributed by atoms with van der Waals surface area (Å²) in [6.07, 6.45) is 5.07. The molecule has 0 aliphatic heterocycles. The second kappa shape index (κ2) is 16.4. The molecule has 1 heterocycles. The third kappa shape index (κ3) is 8.52. The number of nitrogens with zero attached hydrogens (tertiary/aromatic N) is 2. The zero-order valence-corrected chi connectivity index (χ0v) is 27.5. The number of benzene rings is 4. The summed E-state index contributed by atoms with van der Waals surface area (Å²) in [6.45, 7) is 5.60. The summed E-state index contributed by atoms with van der Waals surface area (Å²) in [7, 11) is 3.27.